The Morgan fingerprint density at radius 1 is 1.14 bits per heavy atom. The zero-order chi connectivity index (χ0) is 20.7. The van der Waals surface area contributed by atoms with Gasteiger partial charge >= 0.3 is 0 Å². The number of ether oxygens (including phenoxy) is 2. The maximum absolute atomic E-state index is 13.2. The topological polar surface area (TPSA) is 72.9 Å². The normalized spacial score (nSPS) is 16.7. The van der Waals surface area contributed by atoms with Crippen molar-refractivity contribution >= 4 is 15.7 Å². The monoisotopic (exact) mass is 417 g/mol. The minimum absolute atomic E-state index is 0.0383. The van der Waals surface area contributed by atoms with Crippen molar-refractivity contribution in [1.82, 2.24) is 4.90 Å². The first-order valence-corrected chi connectivity index (χ1v) is 11.4. The van der Waals surface area contributed by atoms with Crippen LogP contribution in [0.1, 0.15) is 28.8 Å². The van der Waals surface area contributed by atoms with Gasteiger partial charge in [0.05, 0.1) is 23.4 Å². The van der Waals surface area contributed by atoms with E-state index in [1.165, 1.54) is 19.2 Å². The molecule has 0 aliphatic carbocycles. The zero-order valence-electron chi connectivity index (χ0n) is 16.6. The van der Waals surface area contributed by atoms with E-state index < -0.39 is 9.84 Å². The first-order chi connectivity index (χ1) is 14.0. The standard InChI is InChI=1S/C22H27NO5S/c1-27-14-15-29(25,26)21-11-9-19(10-12-21)22(24)23(17-20-8-5-13-28-20)16-18-6-3-2-4-7-18/h2-4,6-7,9-12,20H,5,8,13-17H2,1H3. The Bertz CT molecular complexity index is 891. The van der Waals surface area contributed by atoms with Gasteiger partial charge in [0.15, 0.2) is 9.84 Å². The lowest BCUT2D eigenvalue weighted by Gasteiger charge is -2.26. The molecule has 7 heteroatoms. The molecular weight excluding hydrogens is 390 g/mol. The molecule has 1 unspecified atom stereocenters. The van der Waals surface area contributed by atoms with E-state index >= 15 is 0 Å². The number of carbonyl (C=O) groups excluding carboxylic acids is 1. The van der Waals surface area contributed by atoms with Gasteiger partial charge in [-0.2, -0.15) is 0 Å². The van der Waals surface area contributed by atoms with Gasteiger partial charge in [0.2, 0.25) is 0 Å². The summed E-state index contributed by atoms with van der Waals surface area (Å²) >= 11 is 0. The summed E-state index contributed by atoms with van der Waals surface area (Å²) < 4.78 is 35.2. The van der Waals surface area contributed by atoms with E-state index in [2.05, 4.69) is 0 Å². The van der Waals surface area contributed by atoms with Crippen molar-refractivity contribution in [1.29, 1.82) is 0 Å². The van der Waals surface area contributed by atoms with Crippen LogP contribution in [0.15, 0.2) is 59.5 Å². The summed E-state index contributed by atoms with van der Waals surface area (Å²) in [7, 11) is -1.96. The van der Waals surface area contributed by atoms with Gasteiger partial charge in [0.25, 0.3) is 5.91 Å². The number of hydrogen-bond acceptors (Lipinski definition) is 5. The molecule has 0 saturated carbocycles. The van der Waals surface area contributed by atoms with Crippen LogP contribution in [0.2, 0.25) is 0 Å². The average Bonchev–Trinajstić information content (AvgIpc) is 3.25. The summed E-state index contributed by atoms with van der Waals surface area (Å²) in [6.45, 7) is 1.86. The second-order valence-electron chi connectivity index (χ2n) is 7.14. The van der Waals surface area contributed by atoms with Crippen LogP contribution >= 0.6 is 0 Å². The smallest absolute Gasteiger partial charge is 0.254 e. The van der Waals surface area contributed by atoms with Crippen molar-refractivity contribution in [2.24, 2.45) is 0 Å². The molecule has 1 aliphatic heterocycles. The van der Waals surface area contributed by atoms with E-state index in [1.54, 1.807) is 17.0 Å². The molecule has 1 aliphatic rings. The fraction of sp³-hybridized carbons (Fsp3) is 0.409. The minimum atomic E-state index is -3.42. The summed E-state index contributed by atoms with van der Waals surface area (Å²) in [6.07, 6.45) is 1.98. The second-order valence-corrected chi connectivity index (χ2v) is 9.25. The third-order valence-corrected chi connectivity index (χ3v) is 6.66. The average molecular weight is 418 g/mol. The molecule has 1 amide bonds. The number of benzene rings is 2. The fourth-order valence-corrected chi connectivity index (χ4v) is 4.53. The van der Waals surface area contributed by atoms with Crippen LogP contribution in [0.3, 0.4) is 0 Å². The molecule has 2 aromatic rings. The lowest BCUT2D eigenvalue weighted by molar-refractivity contribution is 0.0507. The lowest BCUT2D eigenvalue weighted by atomic mass is 10.1. The molecule has 0 bridgehead atoms. The van der Waals surface area contributed by atoms with Crippen LogP contribution in [-0.4, -0.2) is 58.0 Å². The number of amides is 1. The van der Waals surface area contributed by atoms with Gasteiger partial charge in [0.1, 0.15) is 0 Å². The fourth-order valence-electron chi connectivity index (χ4n) is 3.36. The second kappa shape index (κ2) is 10.0. The highest BCUT2D eigenvalue weighted by Crippen LogP contribution is 2.19. The van der Waals surface area contributed by atoms with E-state index in [-0.39, 0.29) is 29.3 Å². The third-order valence-electron chi connectivity index (χ3n) is 4.97. The molecule has 1 fully saturated rings. The molecule has 0 spiro atoms. The van der Waals surface area contributed by atoms with E-state index in [9.17, 15) is 13.2 Å². The van der Waals surface area contributed by atoms with Crippen molar-refractivity contribution < 1.29 is 22.7 Å². The number of rotatable bonds is 9. The molecule has 0 aromatic heterocycles. The highest BCUT2D eigenvalue weighted by Gasteiger charge is 2.24. The Balaban J connectivity index is 1.77. The number of hydrogen-bond donors (Lipinski definition) is 0. The van der Waals surface area contributed by atoms with Crippen LogP contribution in [-0.2, 0) is 25.9 Å². The number of methoxy groups -OCH3 is 1. The summed E-state index contributed by atoms with van der Waals surface area (Å²) in [6, 6.07) is 16.0. The number of carbonyl (C=O) groups is 1. The van der Waals surface area contributed by atoms with E-state index in [0.717, 1.165) is 25.0 Å². The van der Waals surface area contributed by atoms with Crippen LogP contribution in [0, 0.1) is 0 Å². The largest absolute Gasteiger partial charge is 0.384 e. The predicted molar refractivity (Wildman–Crippen MR) is 111 cm³/mol. The van der Waals surface area contributed by atoms with Gasteiger partial charge in [0, 0.05) is 32.4 Å². The summed E-state index contributed by atoms with van der Waals surface area (Å²) in [5.41, 5.74) is 1.50. The Morgan fingerprint density at radius 2 is 1.86 bits per heavy atom. The minimum Gasteiger partial charge on any atom is -0.384 e. The Kier molecular flexibility index (Phi) is 7.41. The van der Waals surface area contributed by atoms with Crippen LogP contribution < -0.4 is 0 Å². The van der Waals surface area contributed by atoms with Crippen molar-refractivity contribution in [2.75, 3.05) is 32.6 Å². The first kappa shape index (κ1) is 21.5. The highest BCUT2D eigenvalue weighted by molar-refractivity contribution is 7.91. The summed E-state index contributed by atoms with van der Waals surface area (Å²) in [4.78, 5) is 15.1. The van der Waals surface area contributed by atoms with Gasteiger partial charge in [-0.15, -0.1) is 0 Å². The predicted octanol–water partition coefficient (Wildman–Crippen LogP) is 2.93. The molecule has 1 saturated heterocycles. The number of sulfone groups is 1. The molecule has 6 nitrogen and oxygen atoms in total. The van der Waals surface area contributed by atoms with Crippen molar-refractivity contribution in [2.45, 2.75) is 30.4 Å². The van der Waals surface area contributed by atoms with Crippen LogP contribution in [0.5, 0.6) is 0 Å². The van der Waals surface area contributed by atoms with Gasteiger partial charge in [-0.05, 0) is 42.7 Å². The Labute approximate surface area is 172 Å². The van der Waals surface area contributed by atoms with E-state index in [1.807, 2.05) is 30.3 Å². The lowest BCUT2D eigenvalue weighted by Crippen LogP contribution is -2.37. The van der Waals surface area contributed by atoms with Gasteiger partial charge < -0.3 is 14.4 Å². The maximum atomic E-state index is 13.2. The highest BCUT2D eigenvalue weighted by atomic mass is 32.2. The summed E-state index contributed by atoms with van der Waals surface area (Å²) in [5.74, 6) is -0.221. The van der Waals surface area contributed by atoms with Gasteiger partial charge in [-0.3, -0.25) is 4.79 Å². The van der Waals surface area contributed by atoms with Crippen LogP contribution in [0.25, 0.3) is 0 Å². The molecule has 0 N–H and O–H groups in total. The quantitative estimate of drug-likeness (QED) is 0.627. The first-order valence-electron chi connectivity index (χ1n) is 9.76. The van der Waals surface area contributed by atoms with Crippen LogP contribution in [0.4, 0.5) is 0 Å². The summed E-state index contributed by atoms with van der Waals surface area (Å²) in [5, 5.41) is 0. The molecule has 2 aromatic carbocycles. The maximum Gasteiger partial charge on any atom is 0.254 e. The third kappa shape index (κ3) is 5.88. The molecule has 1 atom stereocenters. The van der Waals surface area contributed by atoms with Crippen molar-refractivity contribution in [3.05, 3.63) is 65.7 Å². The van der Waals surface area contributed by atoms with Crippen molar-refractivity contribution in [3.63, 3.8) is 0 Å². The van der Waals surface area contributed by atoms with Gasteiger partial charge in [-0.25, -0.2) is 8.42 Å². The molecule has 1 heterocycles. The molecule has 29 heavy (non-hydrogen) atoms. The molecule has 0 radical (unpaired) electrons. The Morgan fingerprint density at radius 3 is 2.48 bits per heavy atom. The van der Waals surface area contributed by atoms with E-state index in [0.29, 0.717) is 18.7 Å². The van der Waals surface area contributed by atoms with Gasteiger partial charge in [-0.1, -0.05) is 30.3 Å². The molecule has 156 valence electrons. The zero-order valence-corrected chi connectivity index (χ0v) is 17.4. The van der Waals surface area contributed by atoms with E-state index in [4.69, 9.17) is 9.47 Å². The Hall–Kier alpha value is -2.22. The molecular formula is C22H27NO5S. The molecule has 3 rings (SSSR count). The number of nitrogens with zero attached hydrogens (tertiary/aromatic N) is 1. The SMILES string of the molecule is COCCS(=O)(=O)c1ccc(C(=O)N(Cc2ccccc2)CC2CCCO2)cc1. The van der Waals surface area contributed by atoms with Crippen molar-refractivity contribution in [3.8, 4) is 0 Å².